The lowest BCUT2D eigenvalue weighted by Gasteiger charge is -2.09. The van der Waals surface area contributed by atoms with E-state index in [4.69, 9.17) is 14.7 Å². The molecule has 0 bridgehead atoms. The second-order valence-corrected chi connectivity index (χ2v) is 8.04. The smallest absolute Gasteiger partial charge is 0.206 e. The maximum atomic E-state index is 8.97. The van der Waals surface area contributed by atoms with Crippen molar-refractivity contribution in [1.82, 2.24) is 10.2 Å². The van der Waals surface area contributed by atoms with E-state index in [1.54, 1.807) is 32.0 Å². The molecule has 0 atom stereocenters. The normalized spacial score (nSPS) is 10.3. The highest BCUT2D eigenvalue weighted by Crippen LogP contribution is 2.29. The third-order valence-corrected chi connectivity index (χ3v) is 6.05. The number of nitrogens with zero attached hydrogens (tertiary/aromatic N) is 3. The first-order valence-corrected chi connectivity index (χ1v) is 10.4. The van der Waals surface area contributed by atoms with E-state index in [-0.39, 0.29) is 0 Å². The van der Waals surface area contributed by atoms with Crippen molar-refractivity contribution in [3.8, 4) is 17.6 Å². The summed E-state index contributed by atoms with van der Waals surface area (Å²) in [4.78, 5) is 0. The van der Waals surface area contributed by atoms with Gasteiger partial charge in [-0.1, -0.05) is 41.3 Å². The first kappa shape index (κ1) is 20.0. The van der Waals surface area contributed by atoms with Crippen molar-refractivity contribution >= 4 is 28.2 Å². The fourth-order valence-corrected chi connectivity index (χ4v) is 4.29. The molecule has 3 rings (SSSR count). The molecule has 144 valence electrons. The molecule has 2 aromatic carbocycles. The lowest BCUT2D eigenvalue weighted by molar-refractivity contribution is 0.354. The molecule has 0 unspecified atom stereocenters. The van der Waals surface area contributed by atoms with Crippen LogP contribution in [0, 0.1) is 11.3 Å². The minimum Gasteiger partial charge on any atom is -0.493 e. The van der Waals surface area contributed by atoms with Crippen LogP contribution in [-0.2, 0) is 12.2 Å². The predicted molar refractivity (Wildman–Crippen MR) is 112 cm³/mol. The molecule has 1 N–H and O–H groups in total. The van der Waals surface area contributed by atoms with Crippen molar-refractivity contribution in [1.29, 1.82) is 5.26 Å². The molecule has 8 heteroatoms. The summed E-state index contributed by atoms with van der Waals surface area (Å²) in [6.07, 6.45) is 0.837. The monoisotopic (exact) mass is 412 g/mol. The average molecular weight is 413 g/mol. The second-order valence-electron chi connectivity index (χ2n) is 5.84. The lowest BCUT2D eigenvalue weighted by Crippen LogP contribution is -2.04. The van der Waals surface area contributed by atoms with Gasteiger partial charge >= 0.3 is 0 Å². The van der Waals surface area contributed by atoms with Crippen molar-refractivity contribution in [2.24, 2.45) is 0 Å². The third-order valence-electron chi connectivity index (χ3n) is 3.96. The molecule has 0 aliphatic heterocycles. The van der Waals surface area contributed by atoms with Crippen LogP contribution in [0.3, 0.4) is 0 Å². The zero-order chi connectivity index (χ0) is 19.8. The van der Waals surface area contributed by atoms with Crippen LogP contribution in [0.15, 0.2) is 46.8 Å². The Balaban J connectivity index is 1.49. The highest BCUT2D eigenvalue weighted by Gasteiger charge is 2.07. The van der Waals surface area contributed by atoms with Gasteiger partial charge in [-0.2, -0.15) is 5.26 Å². The lowest BCUT2D eigenvalue weighted by atomic mass is 10.1. The maximum Gasteiger partial charge on any atom is 0.206 e. The molecular formula is C20H20N4O2S2. The van der Waals surface area contributed by atoms with Gasteiger partial charge in [0.15, 0.2) is 15.8 Å². The Bertz CT molecular complexity index is 969. The summed E-state index contributed by atoms with van der Waals surface area (Å²) in [5.41, 5.74) is 2.93. The van der Waals surface area contributed by atoms with E-state index in [0.717, 1.165) is 50.8 Å². The highest BCUT2D eigenvalue weighted by molar-refractivity contribution is 8.00. The summed E-state index contributed by atoms with van der Waals surface area (Å²) in [7, 11) is 3.27. The average Bonchev–Trinajstić information content (AvgIpc) is 3.20. The van der Waals surface area contributed by atoms with Crippen LogP contribution in [0.25, 0.3) is 0 Å². The van der Waals surface area contributed by atoms with Crippen LogP contribution >= 0.6 is 23.1 Å². The van der Waals surface area contributed by atoms with Gasteiger partial charge in [-0.3, -0.25) is 0 Å². The van der Waals surface area contributed by atoms with E-state index in [1.807, 2.05) is 36.4 Å². The number of methoxy groups -OCH3 is 2. The highest BCUT2D eigenvalue weighted by atomic mass is 32.2. The summed E-state index contributed by atoms with van der Waals surface area (Å²) in [5, 5.41) is 21.5. The zero-order valence-corrected chi connectivity index (χ0v) is 17.3. The van der Waals surface area contributed by atoms with Crippen molar-refractivity contribution in [2.75, 3.05) is 26.1 Å². The van der Waals surface area contributed by atoms with E-state index in [9.17, 15) is 0 Å². The van der Waals surface area contributed by atoms with Gasteiger partial charge in [-0.05, 0) is 41.8 Å². The number of nitriles is 1. The fraction of sp³-hybridized carbons (Fsp3) is 0.250. The standard InChI is InChI=1S/C20H20N4O2S2/c1-25-17-7-6-14(11-18(17)26-2)8-9-22-19-23-24-20(28-19)27-13-16-5-3-4-15(10-16)12-21/h3-7,10-11H,8-9,13H2,1-2H3,(H,22,23). The number of ether oxygens (including phenoxy) is 2. The van der Waals surface area contributed by atoms with Gasteiger partial charge in [-0.15, -0.1) is 10.2 Å². The Labute approximate surface area is 172 Å². The molecule has 0 aliphatic rings. The van der Waals surface area contributed by atoms with Crippen LogP contribution in [0.5, 0.6) is 11.5 Å². The van der Waals surface area contributed by atoms with Crippen LogP contribution in [0.4, 0.5) is 5.13 Å². The first-order valence-electron chi connectivity index (χ1n) is 8.62. The van der Waals surface area contributed by atoms with Gasteiger partial charge in [0.25, 0.3) is 0 Å². The summed E-state index contributed by atoms with van der Waals surface area (Å²) in [5.74, 6) is 2.22. The molecule has 28 heavy (non-hydrogen) atoms. The molecule has 0 saturated heterocycles. The molecular weight excluding hydrogens is 392 g/mol. The molecule has 1 aromatic heterocycles. The third kappa shape index (κ3) is 5.38. The summed E-state index contributed by atoms with van der Waals surface area (Å²) in [6, 6.07) is 15.7. The number of hydrogen-bond acceptors (Lipinski definition) is 8. The predicted octanol–water partition coefficient (Wildman–Crippen LogP) is 4.37. The number of hydrogen-bond donors (Lipinski definition) is 1. The minimum atomic E-state index is 0.674. The van der Waals surface area contributed by atoms with E-state index >= 15 is 0 Å². The van der Waals surface area contributed by atoms with Crippen molar-refractivity contribution in [3.05, 3.63) is 59.2 Å². The largest absolute Gasteiger partial charge is 0.493 e. The Morgan fingerprint density at radius 1 is 1.07 bits per heavy atom. The van der Waals surface area contributed by atoms with Crippen LogP contribution in [-0.4, -0.2) is 31.0 Å². The SMILES string of the molecule is COc1ccc(CCNc2nnc(SCc3cccc(C#N)c3)s2)cc1OC. The Hall–Kier alpha value is -2.76. The van der Waals surface area contributed by atoms with E-state index in [1.165, 1.54) is 11.3 Å². The summed E-state index contributed by atoms with van der Waals surface area (Å²) in [6.45, 7) is 0.749. The van der Waals surface area contributed by atoms with Gasteiger partial charge in [0.2, 0.25) is 5.13 Å². The molecule has 1 heterocycles. The minimum absolute atomic E-state index is 0.674. The number of rotatable bonds is 9. The van der Waals surface area contributed by atoms with Gasteiger partial charge in [0, 0.05) is 12.3 Å². The van der Waals surface area contributed by atoms with Crippen molar-refractivity contribution in [3.63, 3.8) is 0 Å². The molecule has 0 fully saturated rings. The Morgan fingerprint density at radius 3 is 2.71 bits per heavy atom. The summed E-state index contributed by atoms with van der Waals surface area (Å²) >= 11 is 3.15. The molecule has 0 aliphatic carbocycles. The van der Waals surface area contributed by atoms with Gasteiger partial charge in [0.05, 0.1) is 25.9 Å². The molecule has 0 spiro atoms. The number of thioether (sulfide) groups is 1. The number of anilines is 1. The molecule has 0 saturated carbocycles. The second kappa shape index (κ2) is 9.97. The quantitative estimate of drug-likeness (QED) is 0.523. The van der Waals surface area contributed by atoms with E-state index in [2.05, 4.69) is 21.6 Å². The summed E-state index contributed by atoms with van der Waals surface area (Å²) < 4.78 is 11.5. The molecule has 3 aromatic rings. The van der Waals surface area contributed by atoms with Gasteiger partial charge in [-0.25, -0.2) is 0 Å². The van der Waals surface area contributed by atoms with Crippen molar-refractivity contribution in [2.45, 2.75) is 16.5 Å². The molecule has 6 nitrogen and oxygen atoms in total. The fourth-order valence-electron chi connectivity index (χ4n) is 2.57. The van der Waals surface area contributed by atoms with Crippen LogP contribution < -0.4 is 14.8 Å². The number of aromatic nitrogens is 2. The first-order chi connectivity index (χ1) is 13.7. The van der Waals surface area contributed by atoms with E-state index in [0.29, 0.717) is 5.56 Å². The van der Waals surface area contributed by atoms with Crippen molar-refractivity contribution < 1.29 is 9.47 Å². The van der Waals surface area contributed by atoms with Crippen LogP contribution in [0.1, 0.15) is 16.7 Å². The van der Waals surface area contributed by atoms with E-state index < -0.39 is 0 Å². The number of benzene rings is 2. The molecule has 0 amide bonds. The number of nitrogens with one attached hydrogen (secondary N) is 1. The maximum absolute atomic E-state index is 8.97. The van der Waals surface area contributed by atoms with Gasteiger partial charge in [0.1, 0.15) is 0 Å². The Morgan fingerprint density at radius 2 is 1.93 bits per heavy atom. The topological polar surface area (TPSA) is 80.1 Å². The van der Waals surface area contributed by atoms with Crippen LogP contribution in [0.2, 0.25) is 0 Å². The molecule has 0 radical (unpaired) electrons. The van der Waals surface area contributed by atoms with Gasteiger partial charge < -0.3 is 14.8 Å². The zero-order valence-electron chi connectivity index (χ0n) is 15.6. The Kier molecular flexibility index (Phi) is 7.12.